The van der Waals surface area contributed by atoms with E-state index in [4.69, 9.17) is 9.47 Å². The molecule has 35 heavy (non-hydrogen) atoms. The lowest BCUT2D eigenvalue weighted by molar-refractivity contribution is 0.340. The summed E-state index contributed by atoms with van der Waals surface area (Å²) in [5, 5.41) is 8.74. The fourth-order valence-electron chi connectivity index (χ4n) is 3.82. The number of aromatic nitrogens is 6. The molecular formula is C26H25N7O2. The summed E-state index contributed by atoms with van der Waals surface area (Å²) in [6, 6.07) is 15.4. The molecule has 0 aliphatic rings. The number of benzene rings is 2. The van der Waals surface area contributed by atoms with Gasteiger partial charge in [-0.1, -0.05) is 0 Å². The second kappa shape index (κ2) is 9.38. The van der Waals surface area contributed by atoms with E-state index < -0.39 is 0 Å². The molecule has 0 fully saturated rings. The van der Waals surface area contributed by atoms with E-state index in [1.165, 1.54) is 0 Å². The van der Waals surface area contributed by atoms with Crippen molar-refractivity contribution in [3.63, 3.8) is 0 Å². The van der Waals surface area contributed by atoms with Crippen LogP contribution in [-0.2, 0) is 0 Å². The molecule has 1 N–H and O–H groups in total. The number of aryl methyl sites for hydroxylation is 2. The van der Waals surface area contributed by atoms with Gasteiger partial charge in [0, 0.05) is 23.3 Å². The number of rotatable bonds is 7. The van der Waals surface area contributed by atoms with Gasteiger partial charge in [-0.2, -0.15) is 5.10 Å². The summed E-state index contributed by atoms with van der Waals surface area (Å²) in [6.45, 7) is 6.47. The number of fused-ring (bicyclic) bond motifs is 1. The third-order valence-electron chi connectivity index (χ3n) is 5.56. The fraction of sp³-hybridized carbons (Fsp3) is 0.192. The number of hydrogen-bond acceptors (Lipinski definition) is 8. The molecule has 3 heterocycles. The molecule has 0 aliphatic carbocycles. The molecule has 0 radical (unpaired) electrons. The maximum Gasteiger partial charge on any atom is 0.230 e. The quantitative estimate of drug-likeness (QED) is 0.355. The highest BCUT2D eigenvalue weighted by Gasteiger charge is 2.13. The molecule has 9 nitrogen and oxygen atoms in total. The number of hydrogen-bond donors (Lipinski definition) is 1. The van der Waals surface area contributed by atoms with E-state index in [1.807, 2.05) is 80.2 Å². The first-order chi connectivity index (χ1) is 17.0. The smallest absolute Gasteiger partial charge is 0.230 e. The first kappa shape index (κ1) is 22.3. The molecule has 5 aromatic rings. The standard InChI is InChI=1S/C26H25N7O2/c1-5-35-20-10-11-23-21(14-20)16(2)28-26(30-23)31-25-27-13-12-24(29-25)22-15-33(32-17(22)3)18-6-8-19(34-4)9-7-18/h6-15H,5H2,1-4H3,(H,27,28,29,30,31). The Bertz CT molecular complexity index is 1500. The molecule has 0 saturated carbocycles. The summed E-state index contributed by atoms with van der Waals surface area (Å²) >= 11 is 0. The predicted molar refractivity (Wildman–Crippen MR) is 135 cm³/mol. The lowest BCUT2D eigenvalue weighted by Gasteiger charge is -2.09. The largest absolute Gasteiger partial charge is 0.497 e. The van der Waals surface area contributed by atoms with E-state index >= 15 is 0 Å². The second-order valence-corrected chi connectivity index (χ2v) is 7.91. The number of anilines is 2. The van der Waals surface area contributed by atoms with Crippen molar-refractivity contribution in [2.45, 2.75) is 20.8 Å². The first-order valence-corrected chi connectivity index (χ1v) is 11.3. The van der Waals surface area contributed by atoms with Crippen LogP contribution >= 0.6 is 0 Å². The van der Waals surface area contributed by atoms with E-state index in [1.54, 1.807) is 13.3 Å². The highest BCUT2D eigenvalue weighted by atomic mass is 16.5. The van der Waals surface area contributed by atoms with Gasteiger partial charge in [0.15, 0.2) is 0 Å². The summed E-state index contributed by atoms with van der Waals surface area (Å²) in [5.41, 5.74) is 5.10. The van der Waals surface area contributed by atoms with Gasteiger partial charge in [-0.3, -0.25) is 5.32 Å². The van der Waals surface area contributed by atoms with Gasteiger partial charge in [0.2, 0.25) is 11.9 Å². The Kier molecular flexibility index (Phi) is 5.97. The van der Waals surface area contributed by atoms with E-state index in [2.05, 4.69) is 30.4 Å². The maximum atomic E-state index is 5.60. The normalized spacial score (nSPS) is 11.0. The van der Waals surface area contributed by atoms with Crippen molar-refractivity contribution >= 4 is 22.8 Å². The topological polar surface area (TPSA) is 99.9 Å². The van der Waals surface area contributed by atoms with Crippen molar-refractivity contribution in [1.82, 2.24) is 29.7 Å². The zero-order valence-corrected chi connectivity index (χ0v) is 20.0. The van der Waals surface area contributed by atoms with Crippen molar-refractivity contribution < 1.29 is 9.47 Å². The van der Waals surface area contributed by atoms with E-state index in [-0.39, 0.29) is 0 Å². The van der Waals surface area contributed by atoms with Crippen LogP contribution in [0.15, 0.2) is 60.9 Å². The van der Waals surface area contributed by atoms with E-state index in [0.29, 0.717) is 18.5 Å². The molecule has 2 aromatic carbocycles. The zero-order valence-electron chi connectivity index (χ0n) is 20.0. The number of ether oxygens (including phenoxy) is 2. The molecule has 9 heteroatoms. The van der Waals surface area contributed by atoms with Crippen LogP contribution < -0.4 is 14.8 Å². The van der Waals surface area contributed by atoms with Crippen molar-refractivity contribution in [1.29, 1.82) is 0 Å². The van der Waals surface area contributed by atoms with Gasteiger partial charge >= 0.3 is 0 Å². The van der Waals surface area contributed by atoms with Crippen molar-refractivity contribution in [3.05, 3.63) is 72.3 Å². The van der Waals surface area contributed by atoms with Gasteiger partial charge in [0.1, 0.15) is 11.5 Å². The summed E-state index contributed by atoms with van der Waals surface area (Å²) in [7, 11) is 1.65. The molecule has 0 unspecified atom stereocenters. The van der Waals surface area contributed by atoms with Gasteiger partial charge < -0.3 is 9.47 Å². The zero-order chi connectivity index (χ0) is 24.4. The van der Waals surface area contributed by atoms with Gasteiger partial charge in [-0.15, -0.1) is 0 Å². The first-order valence-electron chi connectivity index (χ1n) is 11.3. The van der Waals surface area contributed by atoms with Crippen molar-refractivity contribution in [2.75, 3.05) is 19.0 Å². The monoisotopic (exact) mass is 467 g/mol. The molecule has 0 spiro atoms. The summed E-state index contributed by atoms with van der Waals surface area (Å²) in [4.78, 5) is 18.3. The van der Waals surface area contributed by atoms with Crippen LogP contribution in [0.1, 0.15) is 18.3 Å². The Morgan fingerprint density at radius 2 is 1.69 bits per heavy atom. The summed E-state index contributed by atoms with van der Waals surface area (Å²) < 4.78 is 12.7. The van der Waals surface area contributed by atoms with Gasteiger partial charge in [-0.25, -0.2) is 24.6 Å². The minimum Gasteiger partial charge on any atom is -0.497 e. The lowest BCUT2D eigenvalue weighted by Crippen LogP contribution is -2.03. The Balaban J connectivity index is 1.42. The highest BCUT2D eigenvalue weighted by molar-refractivity contribution is 5.83. The molecule has 3 aromatic heterocycles. The lowest BCUT2D eigenvalue weighted by atomic mass is 10.2. The molecule has 5 rings (SSSR count). The summed E-state index contributed by atoms with van der Waals surface area (Å²) in [6.07, 6.45) is 3.66. The second-order valence-electron chi connectivity index (χ2n) is 7.91. The van der Waals surface area contributed by atoms with E-state index in [9.17, 15) is 0 Å². The Hall–Kier alpha value is -4.53. The number of nitrogens with one attached hydrogen (secondary N) is 1. The van der Waals surface area contributed by atoms with Gasteiger partial charge in [0.05, 0.1) is 42.0 Å². The molecular weight excluding hydrogens is 442 g/mol. The average Bonchev–Trinajstić information content (AvgIpc) is 3.26. The number of nitrogens with zero attached hydrogens (tertiary/aromatic N) is 6. The minimum absolute atomic E-state index is 0.406. The van der Waals surface area contributed by atoms with Crippen molar-refractivity contribution in [3.8, 4) is 28.4 Å². The Morgan fingerprint density at radius 3 is 2.46 bits per heavy atom. The van der Waals surface area contributed by atoms with Crippen LogP contribution in [0.4, 0.5) is 11.9 Å². The number of methoxy groups -OCH3 is 1. The van der Waals surface area contributed by atoms with E-state index in [0.717, 1.165) is 50.7 Å². The average molecular weight is 468 g/mol. The highest BCUT2D eigenvalue weighted by Crippen LogP contribution is 2.26. The molecule has 0 aliphatic heterocycles. The van der Waals surface area contributed by atoms with Gasteiger partial charge in [0.25, 0.3) is 0 Å². The fourth-order valence-corrected chi connectivity index (χ4v) is 3.82. The molecule has 0 amide bonds. The molecule has 0 bridgehead atoms. The van der Waals surface area contributed by atoms with Crippen LogP contribution in [0.5, 0.6) is 11.5 Å². The Labute approximate surface area is 202 Å². The van der Waals surface area contributed by atoms with Crippen LogP contribution in [0, 0.1) is 13.8 Å². The Morgan fingerprint density at radius 1 is 0.886 bits per heavy atom. The van der Waals surface area contributed by atoms with Crippen LogP contribution in [-0.4, -0.2) is 43.4 Å². The minimum atomic E-state index is 0.406. The molecule has 0 atom stereocenters. The third-order valence-corrected chi connectivity index (χ3v) is 5.56. The third kappa shape index (κ3) is 4.61. The predicted octanol–water partition coefficient (Wildman–Crippen LogP) is 5.04. The van der Waals surface area contributed by atoms with Crippen LogP contribution in [0.2, 0.25) is 0 Å². The molecule has 176 valence electrons. The van der Waals surface area contributed by atoms with Crippen molar-refractivity contribution in [2.24, 2.45) is 0 Å². The van der Waals surface area contributed by atoms with Crippen LogP contribution in [0.3, 0.4) is 0 Å². The van der Waals surface area contributed by atoms with Gasteiger partial charge in [-0.05, 0) is 69.3 Å². The maximum absolute atomic E-state index is 5.60. The molecule has 0 saturated heterocycles. The summed E-state index contributed by atoms with van der Waals surface area (Å²) in [5.74, 6) is 2.44. The SMILES string of the molecule is CCOc1ccc2nc(Nc3nccc(-c4cn(-c5ccc(OC)cc5)nc4C)n3)nc(C)c2c1. The van der Waals surface area contributed by atoms with Crippen LogP contribution in [0.25, 0.3) is 27.8 Å².